The van der Waals surface area contributed by atoms with Crippen molar-refractivity contribution in [1.82, 2.24) is 9.88 Å². The summed E-state index contributed by atoms with van der Waals surface area (Å²) in [4.78, 5) is 0. The number of hydrogen-bond donors (Lipinski definition) is 1. The molecule has 0 bridgehead atoms. The molecule has 0 spiro atoms. The molecule has 1 aromatic heterocycles. The van der Waals surface area contributed by atoms with E-state index in [4.69, 9.17) is 11.6 Å². The number of halogens is 1. The summed E-state index contributed by atoms with van der Waals surface area (Å²) in [6, 6.07) is 6.36. The minimum Gasteiger partial charge on any atom is -0.350 e. The second kappa shape index (κ2) is 3.87. The quantitative estimate of drug-likeness (QED) is 0.826. The Morgan fingerprint density at radius 1 is 1.40 bits per heavy atom. The molecule has 1 N–H and O–H groups in total. The molecular formula is C12H15ClN2. The molecule has 0 saturated heterocycles. The van der Waals surface area contributed by atoms with Crippen molar-refractivity contribution in [3.8, 4) is 0 Å². The van der Waals surface area contributed by atoms with Gasteiger partial charge >= 0.3 is 0 Å². The van der Waals surface area contributed by atoms with Gasteiger partial charge in [-0.3, -0.25) is 0 Å². The predicted octanol–water partition coefficient (Wildman–Crippen LogP) is 3.11. The standard InChI is InChI=1S/C12H15ClN2/c1-8(14-2)11-7-15(3)12-5-4-9(13)6-10(11)12/h4-8,14H,1-3H3. The van der Waals surface area contributed by atoms with Gasteiger partial charge in [-0.15, -0.1) is 0 Å². The monoisotopic (exact) mass is 222 g/mol. The van der Waals surface area contributed by atoms with Crippen LogP contribution in [0.4, 0.5) is 0 Å². The summed E-state index contributed by atoms with van der Waals surface area (Å²) in [6.07, 6.45) is 2.15. The molecule has 2 rings (SSSR count). The van der Waals surface area contributed by atoms with Crippen LogP contribution in [0.1, 0.15) is 18.5 Å². The number of rotatable bonds is 2. The van der Waals surface area contributed by atoms with E-state index in [9.17, 15) is 0 Å². The first-order valence-corrected chi connectivity index (χ1v) is 5.43. The Bertz CT molecular complexity index is 488. The van der Waals surface area contributed by atoms with Crippen LogP contribution in [0.3, 0.4) is 0 Å². The van der Waals surface area contributed by atoms with E-state index in [2.05, 4.69) is 36.1 Å². The molecule has 0 amide bonds. The predicted molar refractivity (Wildman–Crippen MR) is 65.4 cm³/mol. The topological polar surface area (TPSA) is 17.0 Å². The van der Waals surface area contributed by atoms with Gasteiger partial charge in [0.15, 0.2) is 0 Å². The van der Waals surface area contributed by atoms with Crippen LogP contribution < -0.4 is 5.32 Å². The second-order valence-electron chi connectivity index (χ2n) is 3.87. The molecule has 0 fully saturated rings. The first kappa shape index (κ1) is 10.5. The molecule has 1 aromatic carbocycles. The minimum atomic E-state index is 0.340. The molecule has 80 valence electrons. The molecule has 0 aliphatic carbocycles. The van der Waals surface area contributed by atoms with E-state index in [1.165, 1.54) is 16.5 Å². The van der Waals surface area contributed by atoms with Gasteiger partial charge in [-0.2, -0.15) is 0 Å². The number of benzene rings is 1. The molecule has 0 saturated carbocycles. The van der Waals surface area contributed by atoms with E-state index in [-0.39, 0.29) is 0 Å². The maximum absolute atomic E-state index is 6.02. The lowest BCUT2D eigenvalue weighted by Gasteiger charge is -2.08. The van der Waals surface area contributed by atoms with Crippen molar-refractivity contribution in [2.45, 2.75) is 13.0 Å². The van der Waals surface area contributed by atoms with Crippen LogP contribution in [0.5, 0.6) is 0 Å². The number of aryl methyl sites for hydroxylation is 1. The van der Waals surface area contributed by atoms with Crippen molar-refractivity contribution in [1.29, 1.82) is 0 Å². The van der Waals surface area contributed by atoms with E-state index in [1.54, 1.807) is 0 Å². The molecule has 0 radical (unpaired) electrons. The van der Waals surface area contributed by atoms with Crippen LogP contribution in [-0.4, -0.2) is 11.6 Å². The van der Waals surface area contributed by atoms with Crippen molar-refractivity contribution in [2.75, 3.05) is 7.05 Å². The van der Waals surface area contributed by atoms with Gasteiger partial charge in [0.05, 0.1) is 0 Å². The van der Waals surface area contributed by atoms with Crippen molar-refractivity contribution >= 4 is 22.5 Å². The average Bonchev–Trinajstić information content (AvgIpc) is 2.54. The van der Waals surface area contributed by atoms with Gasteiger partial charge in [0.1, 0.15) is 0 Å². The summed E-state index contributed by atoms with van der Waals surface area (Å²) >= 11 is 6.02. The van der Waals surface area contributed by atoms with Gasteiger partial charge in [0, 0.05) is 35.2 Å². The van der Waals surface area contributed by atoms with Crippen LogP contribution in [0.25, 0.3) is 10.9 Å². The molecule has 1 heterocycles. The summed E-state index contributed by atoms with van der Waals surface area (Å²) in [5.41, 5.74) is 2.51. The highest BCUT2D eigenvalue weighted by atomic mass is 35.5. The molecule has 0 aliphatic heterocycles. The highest BCUT2D eigenvalue weighted by Crippen LogP contribution is 2.28. The van der Waals surface area contributed by atoms with Gasteiger partial charge in [-0.05, 0) is 37.7 Å². The van der Waals surface area contributed by atoms with Gasteiger partial charge in [0.2, 0.25) is 0 Å². The third-order valence-corrected chi connectivity index (χ3v) is 3.12. The third-order valence-electron chi connectivity index (χ3n) is 2.88. The lowest BCUT2D eigenvalue weighted by atomic mass is 10.1. The lowest BCUT2D eigenvalue weighted by Crippen LogP contribution is -2.11. The minimum absolute atomic E-state index is 0.340. The van der Waals surface area contributed by atoms with Crippen molar-refractivity contribution in [2.24, 2.45) is 7.05 Å². The van der Waals surface area contributed by atoms with Gasteiger partial charge in [-0.25, -0.2) is 0 Å². The van der Waals surface area contributed by atoms with Crippen LogP contribution in [0.2, 0.25) is 5.02 Å². The van der Waals surface area contributed by atoms with E-state index >= 15 is 0 Å². The zero-order valence-corrected chi connectivity index (χ0v) is 9.97. The number of aromatic nitrogens is 1. The summed E-state index contributed by atoms with van der Waals surface area (Å²) in [5.74, 6) is 0. The van der Waals surface area contributed by atoms with Gasteiger partial charge in [0.25, 0.3) is 0 Å². The van der Waals surface area contributed by atoms with E-state index in [0.29, 0.717) is 6.04 Å². The zero-order chi connectivity index (χ0) is 11.0. The largest absolute Gasteiger partial charge is 0.350 e. The summed E-state index contributed by atoms with van der Waals surface area (Å²) in [7, 11) is 4.02. The second-order valence-corrected chi connectivity index (χ2v) is 4.30. The Morgan fingerprint density at radius 2 is 2.13 bits per heavy atom. The molecule has 1 atom stereocenters. The highest BCUT2D eigenvalue weighted by molar-refractivity contribution is 6.31. The van der Waals surface area contributed by atoms with Gasteiger partial charge < -0.3 is 9.88 Å². The van der Waals surface area contributed by atoms with Crippen molar-refractivity contribution in [3.63, 3.8) is 0 Å². The summed E-state index contributed by atoms with van der Waals surface area (Å²) in [6.45, 7) is 2.15. The lowest BCUT2D eigenvalue weighted by molar-refractivity contribution is 0.654. The zero-order valence-electron chi connectivity index (χ0n) is 9.21. The number of nitrogens with zero attached hydrogens (tertiary/aromatic N) is 1. The Hall–Kier alpha value is -0.990. The summed E-state index contributed by atoms with van der Waals surface area (Å²) < 4.78 is 2.13. The van der Waals surface area contributed by atoms with Crippen LogP contribution >= 0.6 is 11.6 Å². The number of fused-ring (bicyclic) bond motifs is 1. The summed E-state index contributed by atoms with van der Waals surface area (Å²) in [5, 5.41) is 5.27. The van der Waals surface area contributed by atoms with Crippen LogP contribution in [-0.2, 0) is 7.05 Å². The molecule has 3 heteroatoms. The SMILES string of the molecule is CNC(C)c1cn(C)c2ccc(Cl)cc12. The van der Waals surface area contributed by atoms with E-state index in [0.717, 1.165) is 5.02 Å². The molecule has 2 aromatic rings. The Kier molecular flexibility index (Phi) is 2.72. The molecule has 2 nitrogen and oxygen atoms in total. The average molecular weight is 223 g/mol. The first-order valence-electron chi connectivity index (χ1n) is 5.05. The molecule has 0 aliphatic rings. The third kappa shape index (κ3) is 1.75. The maximum Gasteiger partial charge on any atom is 0.0482 e. The fraction of sp³-hybridized carbons (Fsp3) is 0.333. The van der Waals surface area contributed by atoms with Crippen molar-refractivity contribution < 1.29 is 0 Å². The Balaban J connectivity index is 2.69. The Morgan fingerprint density at radius 3 is 2.80 bits per heavy atom. The smallest absolute Gasteiger partial charge is 0.0482 e. The highest BCUT2D eigenvalue weighted by Gasteiger charge is 2.11. The van der Waals surface area contributed by atoms with Crippen LogP contribution in [0, 0.1) is 0 Å². The van der Waals surface area contributed by atoms with E-state index < -0.39 is 0 Å². The normalized spacial score (nSPS) is 13.3. The fourth-order valence-corrected chi connectivity index (χ4v) is 2.07. The number of nitrogens with one attached hydrogen (secondary N) is 1. The number of hydrogen-bond acceptors (Lipinski definition) is 1. The fourth-order valence-electron chi connectivity index (χ4n) is 1.90. The molecular weight excluding hydrogens is 208 g/mol. The van der Waals surface area contributed by atoms with E-state index in [1.807, 2.05) is 19.2 Å². The van der Waals surface area contributed by atoms with Crippen molar-refractivity contribution in [3.05, 3.63) is 35.0 Å². The maximum atomic E-state index is 6.02. The molecule has 15 heavy (non-hydrogen) atoms. The van der Waals surface area contributed by atoms with Gasteiger partial charge in [-0.1, -0.05) is 11.6 Å². The van der Waals surface area contributed by atoms with Crippen LogP contribution in [0.15, 0.2) is 24.4 Å². The Labute approximate surface area is 94.8 Å². The first-order chi connectivity index (χ1) is 7.13. The molecule has 1 unspecified atom stereocenters.